The first-order valence-corrected chi connectivity index (χ1v) is 10.5. The summed E-state index contributed by atoms with van der Waals surface area (Å²) in [4.78, 5) is 23.9. The van der Waals surface area contributed by atoms with Crippen LogP contribution >= 0.6 is 0 Å². The molecule has 0 aliphatic heterocycles. The maximum absolute atomic E-state index is 13.1. The fourth-order valence-corrected chi connectivity index (χ4v) is 6.37. The molecule has 5 atom stereocenters. The number of amides is 1. The van der Waals surface area contributed by atoms with Crippen molar-refractivity contribution in [3.63, 3.8) is 0 Å². The van der Waals surface area contributed by atoms with Gasteiger partial charge in [-0.25, -0.2) is 0 Å². The van der Waals surface area contributed by atoms with Gasteiger partial charge in [0, 0.05) is 12.0 Å². The summed E-state index contributed by atoms with van der Waals surface area (Å²) in [5.41, 5.74) is 1.46. The Hall–Kier alpha value is -1.58. The summed E-state index contributed by atoms with van der Waals surface area (Å²) in [6.07, 6.45) is 12.1. The van der Waals surface area contributed by atoms with Gasteiger partial charge in [0.1, 0.15) is 0 Å². The zero-order chi connectivity index (χ0) is 19.9. The largest absolute Gasteiger partial charge is 0.481 e. The van der Waals surface area contributed by atoms with E-state index in [-0.39, 0.29) is 29.7 Å². The molecule has 3 rings (SSSR count). The van der Waals surface area contributed by atoms with Crippen molar-refractivity contribution in [1.29, 1.82) is 0 Å². The highest BCUT2D eigenvalue weighted by Crippen LogP contribution is 2.63. The van der Waals surface area contributed by atoms with Crippen LogP contribution < -0.4 is 5.32 Å². The van der Waals surface area contributed by atoms with E-state index in [9.17, 15) is 9.59 Å². The van der Waals surface area contributed by atoms with Gasteiger partial charge in [0.2, 0.25) is 5.91 Å². The van der Waals surface area contributed by atoms with Crippen LogP contribution in [0.25, 0.3) is 0 Å². The highest BCUT2D eigenvalue weighted by atomic mass is 16.4. The minimum atomic E-state index is -0.868. The molecular weight excluding hydrogens is 338 g/mol. The first-order valence-electron chi connectivity index (χ1n) is 10.5. The van der Waals surface area contributed by atoms with Crippen molar-refractivity contribution in [3.05, 3.63) is 24.3 Å². The van der Waals surface area contributed by atoms with Crippen molar-refractivity contribution >= 4 is 11.9 Å². The molecule has 4 nitrogen and oxygen atoms in total. The minimum absolute atomic E-state index is 0.0167. The molecule has 2 saturated carbocycles. The van der Waals surface area contributed by atoms with E-state index in [1.165, 1.54) is 6.42 Å². The molecule has 0 aromatic rings. The number of carboxylic acid groups (broad SMARTS) is 1. The molecule has 2 fully saturated rings. The van der Waals surface area contributed by atoms with Crippen LogP contribution in [0, 0.1) is 28.1 Å². The molecule has 0 saturated heterocycles. The first kappa shape index (κ1) is 20.2. The molecule has 0 radical (unpaired) electrons. The summed E-state index contributed by atoms with van der Waals surface area (Å²) in [6.45, 7) is 11.1. The Morgan fingerprint density at radius 1 is 1.30 bits per heavy atom. The first-order chi connectivity index (χ1) is 12.6. The average Bonchev–Trinajstić information content (AvgIpc) is 2.60. The molecule has 2 N–H and O–H groups in total. The van der Waals surface area contributed by atoms with E-state index in [2.05, 4.69) is 44.8 Å². The zero-order valence-electron chi connectivity index (χ0n) is 17.1. The van der Waals surface area contributed by atoms with E-state index >= 15 is 0 Å². The zero-order valence-corrected chi connectivity index (χ0v) is 17.1. The third kappa shape index (κ3) is 3.48. The molecule has 3 aliphatic carbocycles. The Bertz CT molecular complexity index is 669. The third-order valence-corrected chi connectivity index (χ3v) is 7.97. The van der Waals surface area contributed by atoms with Gasteiger partial charge in [-0.2, -0.15) is 0 Å². The molecule has 0 aromatic heterocycles. The van der Waals surface area contributed by atoms with Gasteiger partial charge in [0.15, 0.2) is 0 Å². The van der Waals surface area contributed by atoms with Crippen LogP contribution in [0.5, 0.6) is 0 Å². The van der Waals surface area contributed by atoms with Crippen molar-refractivity contribution in [2.24, 2.45) is 28.1 Å². The molecule has 0 unspecified atom stereocenters. The molecule has 1 amide bonds. The molecule has 0 bridgehead atoms. The van der Waals surface area contributed by atoms with Crippen molar-refractivity contribution in [1.82, 2.24) is 5.32 Å². The van der Waals surface area contributed by atoms with Gasteiger partial charge in [-0.15, -0.1) is 6.58 Å². The van der Waals surface area contributed by atoms with Crippen LogP contribution in [0.2, 0.25) is 0 Å². The quantitative estimate of drug-likeness (QED) is 0.686. The van der Waals surface area contributed by atoms with Crippen molar-refractivity contribution in [3.8, 4) is 0 Å². The van der Waals surface area contributed by atoms with E-state index in [0.717, 1.165) is 38.5 Å². The molecule has 150 valence electrons. The van der Waals surface area contributed by atoms with Crippen LogP contribution in [-0.4, -0.2) is 23.5 Å². The molecule has 3 aliphatic rings. The number of carboxylic acids is 1. The predicted molar refractivity (Wildman–Crippen MR) is 107 cm³/mol. The lowest BCUT2D eigenvalue weighted by molar-refractivity contribution is -0.142. The van der Waals surface area contributed by atoms with E-state index in [1.54, 1.807) is 5.57 Å². The lowest BCUT2D eigenvalue weighted by Gasteiger charge is -2.58. The average molecular weight is 374 g/mol. The van der Waals surface area contributed by atoms with Crippen LogP contribution in [-0.2, 0) is 9.59 Å². The second kappa shape index (κ2) is 7.10. The SMILES string of the molecule is C=C[C@@]1(C)CC=C2[C@@H](CC[C@@H]3[C@](C)(C(=O)NCCC(=O)O)CCC[C@@]23C)C1. The van der Waals surface area contributed by atoms with E-state index < -0.39 is 11.4 Å². The monoisotopic (exact) mass is 373 g/mol. The van der Waals surface area contributed by atoms with E-state index in [4.69, 9.17) is 5.11 Å². The van der Waals surface area contributed by atoms with Gasteiger partial charge in [-0.05, 0) is 61.2 Å². The number of allylic oxidation sites excluding steroid dienone is 3. The summed E-state index contributed by atoms with van der Waals surface area (Å²) in [7, 11) is 0. The van der Waals surface area contributed by atoms with Crippen molar-refractivity contribution < 1.29 is 14.7 Å². The van der Waals surface area contributed by atoms with Gasteiger partial charge in [-0.1, -0.05) is 44.9 Å². The smallest absolute Gasteiger partial charge is 0.305 e. The summed E-state index contributed by atoms with van der Waals surface area (Å²) in [5, 5.41) is 11.8. The molecule has 0 heterocycles. The van der Waals surface area contributed by atoms with Crippen LogP contribution in [0.3, 0.4) is 0 Å². The number of hydrogen-bond donors (Lipinski definition) is 2. The van der Waals surface area contributed by atoms with Gasteiger partial charge >= 0.3 is 5.97 Å². The van der Waals surface area contributed by atoms with Gasteiger partial charge < -0.3 is 10.4 Å². The number of nitrogens with one attached hydrogen (secondary N) is 1. The standard InChI is InChI=1S/C23H35NO3/c1-5-21(2)13-9-17-16(15-21)7-8-18-22(17,3)11-6-12-23(18,4)20(27)24-14-10-19(25)26/h5,9,16,18H,1,6-8,10-15H2,2-4H3,(H,24,27)(H,25,26)/t16-,18-,21-,22-,23+/m0/s1. The van der Waals surface area contributed by atoms with Crippen LogP contribution in [0.4, 0.5) is 0 Å². The number of fused-ring (bicyclic) bond motifs is 3. The molecule has 0 aromatic carbocycles. The molecule has 27 heavy (non-hydrogen) atoms. The van der Waals surface area contributed by atoms with Gasteiger partial charge in [0.05, 0.1) is 6.42 Å². The normalized spacial score (nSPS) is 40.9. The summed E-state index contributed by atoms with van der Waals surface area (Å²) in [5.74, 6) is 0.122. The molecular formula is C23H35NO3. The van der Waals surface area contributed by atoms with Crippen LogP contribution in [0.15, 0.2) is 24.3 Å². The molecule has 0 spiro atoms. The van der Waals surface area contributed by atoms with Gasteiger partial charge in [0.25, 0.3) is 0 Å². The summed E-state index contributed by atoms with van der Waals surface area (Å²) >= 11 is 0. The third-order valence-electron chi connectivity index (χ3n) is 7.97. The van der Waals surface area contributed by atoms with Crippen molar-refractivity contribution in [2.45, 2.75) is 72.1 Å². The van der Waals surface area contributed by atoms with E-state index in [0.29, 0.717) is 11.8 Å². The lowest BCUT2D eigenvalue weighted by atomic mass is 9.46. The minimum Gasteiger partial charge on any atom is -0.481 e. The Labute approximate surface area is 163 Å². The highest BCUT2D eigenvalue weighted by Gasteiger charge is 2.57. The summed E-state index contributed by atoms with van der Waals surface area (Å²) in [6, 6.07) is 0. The number of hydrogen-bond acceptors (Lipinski definition) is 2. The number of rotatable bonds is 5. The maximum atomic E-state index is 13.1. The maximum Gasteiger partial charge on any atom is 0.305 e. The highest BCUT2D eigenvalue weighted by molar-refractivity contribution is 5.83. The summed E-state index contributed by atoms with van der Waals surface area (Å²) < 4.78 is 0. The van der Waals surface area contributed by atoms with Gasteiger partial charge in [-0.3, -0.25) is 9.59 Å². The predicted octanol–water partition coefficient (Wildman–Crippen LogP) is 4.71. The fraction of sp³-hybridized carbons (Fsp3) is 0.739. The topological polar surface area (TPSA) is 66.4 Å². The number of carbonyl (C=O) groups excluding carboxylic acids is 1. The lowest BCUT2D eigenvalue weighted by Crippen LogP contribution is -2.55. The van der Waals surface area contributed by atoms with E-state index in [1.807, 2.05) is 0 Å². The van der Waals surface area contributed by atoms with Crippen molar-refractivity contribution in [2.75, 3.05) is 6.54 Å². The Kier molecular flexibility index (Phi) is 5.31. The molecule has 4 heteroatoms. The number of carbonyl (C=O) groups is 2. The van der Waals surface area contributed by atoms with Crippen LogP contribution in [0.1, 0.15) is 72.1 Å². The Morgan fingerprint density at radius 2 is 2.04 bits per heavy atom. The Balaban J connectivity index is 1.84. The second-order valence-corrected chi connectivity index (χ2v) is 9.84. The Morgan fingerprint density at radius 3 is 2.70 bits per heavy atom. The second-order valence-electron chi connectivity index (χ2n) is 9.84. The fourth-order valence-electron chi connectivity index (χ4n) is 6.37. The number of aliphatic carboxylic acids is 1.